The van der Waals surface area contributed by atoms with Crippen molar-refractivity contribution < 1.29 is 9.63 Å². The van der Waals surface area contributed by atoms with Crippen LogP contribution >= 0.6 is 15.9 Å². The summed E-state index contributed by atoms with van der Waals surface area (Å²) >= 11 is 3.48. The summed E-state index contributed by atoms with van der Waals surface area (Å²) < 4.78 is 6.19. The topological polar surface area (TPSA) is 72.0 Å². The minimum atomic E-state index is 0.0559. The van der Waals surface area contributed by atoms with Crippen molar-refractivity contribution in [2.24, 2.45) is 0 Å². The fourth-order valence-electron chi connectivity index (χ4n) is 1.73. The fourth-order valence-corrected chi connectivity index (χ4v) is 2.11. The molecule has 0 amide bonds. The number of rotatable bonds is 2. The van der Waals surface area contributed by atoms with Crippen molar-refractivity contribution in [2.45, 2.75) is 6.92 Å². The highest BCUT2D eigenvalue weighted by molar-refractivity contribution is 9.10. The highest BCUT2D eigenvalue weighted by atomic mass is 79.9. The average molecular weight is 332 g/mol. The lowest BCUT2D eigenvalue weighted by Gasteiger charge is -1.99. The Morgan fingerprint density at radius 3 is 2.75 bits per heavy atom. The molecule has 0 spiro atoms. The van der Waals surface area contributed by atoms with Gasteiger partial charge < -0.3 is 9.63 Å². The first-order valence-electron chi connectivity index (χ1n) is 5.88. The number of benzene rings is 1. The summed E-state index contributed by atoms with van der Waals surface area (Å²) in [5, 5.41) is 13.4. The first-order chi connectivity index (χ1) is 9.63. The van der Waals surface area contributed by atoms with Crippen LogP contribution in [0.5, 0.6) is 5.75 Å². The number of hydrogen-bond acceptors (Lipinski definition) is 5. The van der Waals surface area contributed by atoms with E-state index in [0.29, 0.717) is 17.3 Å². The lowest BCUT2D eigenvalue weighted by atomic mass is 10.1. The summed E-state index contributed by atoms with van der Waals surface area (Å²) in [6, 6.07) is 7.36. The fraction of sp³-hybridized carbons (Fsp3) is 0.0714. The van der Waals surface area contributed by atoms with E-state index in [1.165, 1.54) is 12.3 Å². The van der Waals surface area contributed by atoms with Crippen molar-refractivity contribution in [3.63, 3.8) is 0 Å². The van der Waals surface area contributed by atoms with Gasteiger partial charge in [0.15, 0.2) is 0 Å². The summed E-state index contributed by atoms with van der Waals surface area (Å²) in [6.45, 7) is 2.01. The van der Waals surface area contributed by atoms with Gasteiger partial charge in [-0.15, -0.1) is 0 Å². The highest BCUT2D eigenvalue weighted by Crippen LogP contribution is 2.26. The number of aromatic hydroxyl groups is 1. The van der Waals surface area contributed by atoms with Crippen LogP contribution in [-0.2, 0) is 0 Å². The van der Waals surface area contributed by atoms with Crippen molar-refractivity contribution in [1.29, 1.82) is 0 Å². The molecule has 0 saturated heterocycles. The van der Waals surface area contributed by atoms with Gasteiger partial charge >= 0.3 is 0 Å². The van der Waals surface area contributed by atoms with E-state index in [1.807, 2.05) is 25.1 Å². The van der Waals surface area contributed by atoms with E-state index < -0.39 is 0 Å². The standard InChI is InChI=1S/C14H10BrN3O2/c1-8-2-3-9(5-12(8)15)13-17-14(20-18-13)10-4-11(19)7-16-6-10/h2-7,19H,1H3. The lowest BCUT2D eigenvalue weighted by Crippen LogP contribution is -1.84. The number of halogens is 1. The molecule has 3 rings (SSSR count). The Bertz CT molecular complexity index is 771. The van der Waals surface area contributed by atoms with Gasteiger partial charge in [-0.1, -0.05) is 33.2 Å². The third kappa shape index (κ3) is 2.42. The number of aromatic nitrogens is 3. The van der Waals surface area contributed by atoms with Crippen molar-refractivity contribution in [3.05, 3.63) is 46.7 Å². The Hall–Kier alpha value is -2.21. The predicted octanol–water partition coefficient (Wildman–Crippen LogP) is 3.58. The predicted molar refractivity (Wildman–Crippen MR) is 77.1 cm³/mol. The highest BCUT2D eigenvalue weighted by Gasteiger charge is 2.12. The molecule has 0 unspecified atom stereocenters. The number of hydrogen-bond donors (Lipinski definition) is 1. The lowest BCUT2D eigenvalue weighted by molar-refractivity contribution is 0.431. The molecule has 100 valence electrons. The van der Waals surface area contributed by atoms with Gasteiger partial charge in [0.2, 0.25) is 5.82 Å². The van der Waals surface area contributed by atoms with Gasteiger partial charge in [0.1, 0.15) is 5.75 Å². The van der Waals surface area contributed by atoms with E-state index in [1.54, 1.807) is 6.20 Å². The number of aryl methyl sites for hydroxylation is 1. The molecule has 20 heavy (non-hydrogen) atoms. The Morgan fingerprint density at radius 1 is 1.15 bits per heavy atom. The summed E-state index contributed by atoms with van der Waals surface area (Å²) in [5.74, 6) is 0.865. The zero-order valence-corrected chi connectivity index (χ0v) is 12.1. The summed E-state index contributed by atoms with van der Waals surface area (Å²) in [5.41, 5.74) is 2.56. The molecule has 0 fully saturated rings. The van der Waals surface area contributed by atoms with Crippen LogP contribution in [0.3, 0.4) is 0 Å². The molecule has 0 atom stereocenters. The molecule has 0 saturated carbocycles. The Balaban J connectivity index is 1.99. The second-order valence-electron chi connectivity index (χ2n) is 4.32. The maximum absolute atomic E-state index is 9.41. The summed E-state index contributed by atoms with van der Waals surface area (Å²) in [7, 11) is 0. The molecule has 2 heterocycles. The first-order valence-corrected chi connectivity index (χ1v) is 6.67. The van der Waals surface area contributed by atoms with Gasteiger partial charge in [0, 0.05) is 16.2 Å². The van der Waals surface area contributed by atoms with Gasteiger partial charge in [-0.05, 0) is 24.6 Å². The SMILES string of the molecule is Cc1ccc(-c2noc(-c3cncc(O)c3)n2)cc1Br. The van der Waals surface area contributed by atoms with Gasteiger partial charge in [-0.25, -0.2) is 0 Å². The van der Waals surface area contributed by atoms with E-state index >= 15 is 0 Å². The second kappa shape index (κ2) is 5.05. The van der Waals surface area contributed by atoms with Crippen LogP contribution < -0.4 is 0 Å². The average Bonchev–Trinajstić information content (AvgIpc) is 2.92. The molecule has 0 aliphatic heterocycles. The van der Waals surface area contributed by atoms with Crippen LogP contribution in [0.2, 0.25) is 0 Å². The van der Waals surface area contributed by atoms with E-state index in [9.17, 15) is 5.11 Å². The van der Waals surface area contributed by atoms with E-state index in [2.05, 4.69) is 31.1 Å². The minimum absolute atomic E-state index is 0.0559. The third-order valence-corrected chi connectivity index (χ3v) is 3.68. The van der Waals surface area contributed by atoms with Crippen LogP contribution in [0.15, 0.2) is 45.7 Å². The van der Waals surface area contributed by atoms with Gasteiger partial charge in [-0.2, -0.15) is 4.98 Å². The van der Waals surface area contributed by atoms with E-state index in [4.69, 9.17) is 4.52 Å². The van der Waals surface area contributed by atoms with E-state index in [-0.39, 0.29) is 5.75 Å². The largest absolute Gasteiger partial charge is 0.506 e. The molecular formula is C14H10BrN3O2. The third-order valence-electron chi connectivity index (χ3n) is 2.83. The molecule has 0 aliphatic rings. The molecule has 2 aromatic heterocycles. The maximum Gasteiger partial charge on any atom is 0.259 e. The zero-order chi connectivity index (χ0) is 14.1. The summed E-state index contributed by atoms with van der Waals surface area (Å²) in [4.78, 5) is 8.20. The first kappa shape index (κ1) is 12.8. The zero-order valence-electron chi connectivity index (χ0n) is 10.5. The quantitative estimate of drug-likeness (QED) is 0.777. The Labute approximate surface area is 123 Å². The minimum Gasteiger partial charge on any atom is -0.506 e. The van der Waals surface area contributed by atoms with Crippen molar-refractivity contribution in [1.82, 2.24) is 15.1 Å². The molecule has 0 radical (unpaired) electrons. The maximum atomic E-state index is 9.41. The number of nitrogens with zero attached hydrogens (tertiary/aromatic N) is 3. The monoisotopic (exact) mass is 331 g/mol. The summed E-state index contributed by atoms with van der Waals surface area (Å²) in [6.07, 6.45) is 2.90. The van der Waals surface area contributed by atoms with Crippen molar-refractivity contribution in [2.75, 3.05) is 0 Å². The Kier molecular flexibility index (Phi) is 3.23. The van der Waals surface area contributed by atoms with Gasteiger partial charge in [0.05, 0.1) is 11.8 Å². The van der Waals surface area contributed by atoms with Crippen LogP contribution in [0, 0.1) is 6.92 Å². The van der Waals surface area contributed by atoms with Crippen LogP contribution in [0.1, 0.15) is 5.56 Å². The van der Waals surface area contributed by atoms with Crippen molar-refractivity contribution >= 4 is 15.9 Å². The molecule has 6 heteroatoms. The Morgan fingerprint density at radius 2 is 2.00 bits per heavy atom. The molecule has 1 aromatic carbocycles. The molecule has 0 aliphatic carbocycles. The smallest absolute Gasteiger partial charge is 0.259 e. The van der Waals surface area contributed by atoms with Gasteiger partial charge in [0.25, 0.3) is 5.89 Å². The van der Waals surface area contributed by atoms with Crippen LogP contribution in [-0.4, -0.2) is 20.2 Å². The second-order valence-corrected chi connectivity index (χ2v) is 5.17. The normalized spacial score (nSPS) is 10.7. The van der Waals surface area contributed by atoms with Crippen LogP contribution in [0.25, 0.3) is 22.8 Å². The number of pyridine rings is 1. The van der Waals surface area contributed by atoms with E-state index in [0.717, 1.165) is 15.6 Å². The van der Waals surface area contributed by atoms with Gasteiger partial charge in [-0.3, -0.25) is 4.98 Å². The molecule has 3 aromatic rings. The molecular weight excluding hydrogens is 322 g/mol. The molecule has 1 N–H and O–H groups in total. The van der Waals surface area contributed by atoms with Crippen molar-refractivity contribution in [3.8, 4) is 28.6 Å². The molecule has 0 bridgehead atoms. The molecule has 5 nitrogen and oxygen atoms in total. The van der Waals surface area contributed by atoms with Crippen LogP contribution in [0.4, 0.5) is 0 Å².